The fourth-order valence-corrected chi connectivity index (χ4v) is 2.84. The fourth-order valence-electron chi connectivity index (χ4n) is 2.84. The van der Waals surface area contributed by atoms with Gasteiger partial charge in [0.1, 0.15) is 0 Å². The van der Waals surface area contributed by atoms with E-state index in [2.05, 4.69) is 4.98 Å². The lowest BCUT2D eigenvalue weighted by Crippen LogP contribution is -2.38. The van der Waals surface area contributed by atoms with Crippen LogP contribution >= 0.6 is 0 Å². The maximum atomic E-state index is 10.6. The summed E-state index contributed by atoms with van der Waals surface area (Å²) in [7, 11) is 0. The molecule has 1 aliphatic carbocycles. The van der Waals surface area contributed by atoms with E-state index in [0.717, 1.165) is 24.1 Å². The van der Waals surface area contributed by atoms with Crippen LogP contribution in [-0.2, 0) is 0 Å². The van der Waals surface area contributed by atoms with Crippen molar-refractivity contribution in [3.63, 3.8) is 0 Å². The van der Waals surface area contributed by atoms with Gasteiger partial charge in [-0.05, 0) is 31.4 Å². The first-order valence-electron chi connectivity index (χ1n) is 6.49. The first kappa shape index (κ1) is 12.5. The van der Waals surface area contributed by atoms with Crippen LogP contribution in [0.5, 0.6) is 0 Å². The third kappa shape index (κ3) is 2.50. The van der Waals surface area contributed by atoms with E-state index in [1.54, 1.807) is 6.20 Å². The molecule has 3 heteroatoms. The lowest BCUT2D eigenvalue weighted by atomic mass is 9.68. The van der Waals surface area contributed by atoms with E-state index in [1.165, 1.54) is 19.3 Å². The standard InChI is InChI=1S/C14H22N2O/c1-11-5-6-12(9-16-11)13(17)14(10-15)7-3-2-4-8-14/h5-6,9,13,17H,2-4,7-8,10,15H2,1H3. The number of nitrogens with zero attached hydrogens (tertiary/aromatic N) is 1. The number of aryl methyl sites for hydroxylation is 1. The highest BCUT2D eigenvalue weighted by Gasteiger charge is 2.38. The molecule has 0 aromatic carbocycles. The fraction of sp³-hybridized carbons (Fsp3) is 0.643. The molecule has 0 radical (unpaired) electrons. The van der Waals surface area contributed by atoms with Gasteiger partial charge in [0.15, 0.2) is 0 Å². The highest BCUT2D eigenvalue weighted by molar-refractivity contribution is 5.18. The third-order valence-corrected chi connectivity index (χ3v) is 4.09. The van der Waals surface area contributed by atoms with E-state index in [1.807, 2.05) is 19.1 Å². The van der Waals surface area contributed by atoms with Crippen LogP contribution in [0.15, 0.2) is 18.3 Å². The number of aliphatic hydroxyl groups is 1. The second kappa shape index (κ2) is 5.15. The van der Waals surface area contributed by atoms with Gasteiger partial charge in [-0.3, -0.25) is 4.98 Å². The van der Waals surface area contributed by atoms with Crippen molar-refractivity contribution in [2.75, 3.05) is 6.54 Å². The molecule has 0 spiro atoms. The molecule has 1 saturated carbocycles. The van der Waals surface area contributed by atoms with Crippen molar-refractivity contribution in [1.29, 1.82) is 0 Å². The summed E-state index contributed by atoms with van der Waals surface area (Å²) >= 11 is 0. The van der Waals surface area contributed by atoms with Gasteiger partial charge in [-0.15, -0.1) is 0 Å². The Labute approximate surface area is 103 Å². The number of aromatic nitrogens is 1. The van der Waals surface area contributed by atoms with Crippen LogP contribution < -0.4 is 5.73 Å². The van der Waals surface area contributed by atoms with Crippen LogP contribution in [0.4, 0.5) is 0 Å². The van der Waals surface area contributed by atoms with Gasteiger partial charge < -0.3 is 10.8 Å². The Morgan fingerprint density at radius 3 is 2.59 bits per heavy atom. The summed E-state index contributed by atoms with van der Waals surface area (Å²) in [5.74, 6) is 0. The minimum atomic E-state index is -0.471. The SMILES string of the molecule is Cc1ccc(C(O)C2(CN)CCCCC2)cn1. The highest BCUT2D eigenvalue weighted by Crippen LogP contribution is 2.45. The zero-order chi connectivity index (χ0) is 12.3. The predicted molar refractivity (Wildman–Crippen MR) is 68.5 cm³/mol. The maximum absolute atomic E-state index is 10.6. The van der Waals surface area contributed by atoms with Crippen LogP contribution in [0.1, 0.15) is 49.5 Å². The lowest BCUT2D eigenvalue weighted by Gasteiger charge is -2.40. The molecule has 3 nitrogen and oxygen atoms in total. The molecule has 1 atom stereocenters. The maximum Gasteiger partial charge on any atom is 0.0873 e. The molecule has 0 saturated heterocycles. The molecule has 94 valence electrons. The summed E-state index contributed by atoms with van der Waals surface area (Å²) in [4.78, 5) is 4.26. The molecule has 0 bridgehead atoms. The average Bonchev–Trinajstić information content (AvgIpc) is 2.39. The number of hydrogen-bond donors (Lipinski definition) is 2. The normalized spacial score (nSPS) is 21.1. The average molecular weight is 234 g/mol. The van der Waals surface area contributed by atoms with Crippen LogP contribution in [0.2, 0.25) is 0 Å². The summed E-state index contributed by atoms with van der Waals surface area (Å²) in [6.07, 6.45) is 6.98. The van der Waals surface area contributed by atoms with Crippen LogP contribution in [0.25, 0.3) is 0 Å². The van der Waals surface area contributed by atoms with Gasteiger partial charge in [0.05, 0.1) is 6.10 Å². The van der Waals surface area contributed by atoms with Gasteiger partial charge in [0.2, 0.25) is 0 Å². The van der Waals surface area contributed by atoms with Crippen molar-refractivity contribution in [2.45, 2.75) is 45.1 Å². The van der Waals surface area contributed by atoms with Gasteiger partial charge in [0.25, 0.3) is 0 Å². The second-order valence-corrected chi connectivity index (χ2v) is 5.26. The molecular weight excluding hydrogens is 212 g/mol. The number of aliphatic hydroxyl groups excluding tert-OH is 1. The molecule has 0 aliphatic heterocycles. The van der Waals surface area contributed by atoms with Crippen molar-refractivity contribution in [3.05, 3.63) is 29.6 Å². The van der Waals surface area contributed by atoms with Crippen LogP contribution in [-0.4, -0.2) is 16.6 Å². The zero-order valence-electron chi connectivity index (χ0n) is 10.5. The van der Waals surface area contributed by atoms with E-state index in [4.69, 9.17) is 5.73 Å². The Morgan fingerprint density at radius 1 is 1.35 bits per heavy atom. The summed E-state index contributed by atoms with van der Waals surface area (Å²) in [5, 5.41) is 10.6. The van der Waals surface area contributed by atoms with Gasteiger partial charge in [0, 0.05) is 23.9 Å². The molecule has 17 heavy (non-hydrogen) atoms. The molecule has 1 aromatic heterocycles. The Kier molecular flexibility index (Phi) is 3.79. The van der Waals surface area contributed by atoms with Crippen molar-refractivity contribution < 1.29 is 5.11 Å². The van der Waals surface area contributed by atoms with Gasteiger partial charge >= 0.3 is 0 Å². The Balaban J connectivity index is 2.21. The van der Waals surface area contributed by atoms with Crippen molar-refractivity contribution in [2.24, 2.45) is 11.1 Å². The van der Waals surface area contributed by atoms with E-state index in [0.29, 0.717) is 6.54 Å². The minimum Gasteiger partial charge on any atom is -0.388 e. The monoisotopic (exact) mass is 234 g/mol. The topological polar surface area (TPSA) is 59.1 Å². The Morgan fingerprint density at radius 2 is 2.06 bits per heavy atom. The van der Waals surface area contributed by atoms with Gasteiger partial charge in [-0.2, -0.15) is 0 Å². The summed E-state index contributed by atoms with van der Waals surface area (Å²) in [5.41, 5.74) is 7.68. The first-order chi connectivity index (χ1) is 8.18. The van der Waals surface area contributed by atoms with E-state index < -0.39 is 6.10 Å². The molecule has 0 amide bonds. The predicted octanol–water partition coefficient (Wildman–Crippen LogP) is 2.33. The van der Waals surface area contributed by atoms with Gasteiger partial charge in [-0.1, -0.05) is 25.3 Å². The Bertz CT molecular complexity index is 355. The highest BCUT2D eigenvalue weighted by atomic mass is 16.3. The summed E-state index contributed by atoms with van der Waals surface area (Å²) in [6, 6.07) is 3.92. The molecule has 1 aliphatic rings. The third-order valence-electron chi connectivity index (χ3n) is 4.09. The first-order valence-corrected chi connectivity index (χ1v) is 6.49. The molecule has 1 aromatic rings. The molecule has 3 N–H and O–H groups in total. The smallest absolute Gasteiger partial charge is 0.0873 e. The van der Waals surface area contributed by atoms with Crippen molar-refractivity contribution in [3.8, 4) is 0 Å². The quantitative estimate of drug-likeness (QED) is 0.844. The van der Waals surface area contributed by atoms with E-state index in [-0.39, 0.29) is 5.41 Å². The molecule has 1 heterocycles. The molecular formula is C14H22N2O. The molecule has 1 unspecified atom stereocenters. The van der Waals surface area contributed by atoms with Crippen molar-refractivity contribution >= 4 is 0 Å². The van der Waals surface area contributed by atoms with Gasteiger partial charge in [-0.25, -0.2) is 0 Å². The van der Waals surface area contributed by atoms with E-state index in [9.17, 15) is 5.11 Å². The summed E-state index contributed by atoms with van der Waals surface area (Å²) in [6.45, 7) is 2.51. The number of nitrogens with two attached hydrogens (primary N) is 1. The summed E-state index contributed by atoms with van der Waals surface area (Å²) < 4.78 is 0. The zero-order valence-corrected chi connectivity index (χ0v) is 10.5. The lowest BCUT2D eigenvalue weighted by molar-refractivity contribution is 0.000473. The number of pyridine rings is 1. The Hall–Kier alpha value is -0.930. The second-order valence-electron chi connectivity index (χ2n) is 5.26. The largest absolute Gasteiger partial charge is 0.388 e. The molecule has 2 rings (SSSR count). The van der Waals surface area contributed by atoms with Crippen molar-refractivity contribution in [1.82, 2.24) is 4.98 Å². The number of rotatable bonds is 3. The minimum absolute atomic E-state index is 0.130. The van der Waals surface area contributed by atoms with Crippen LogP contribution in [0, 0.1) is 12.3 Å². The van der Waals surface area contributed by atoms with Crippen LogP contribution in [0.3, 0.4) is 0 Å². The number of hydrogen-bond acceptors (Lipinski definition) is 3. The molecule has 1 fully saturated rings. The van der Waals surface area contributed by atoms with E-state index >= 15 is 0 Å².